The number of ether oxygens (including phenoxy) is 1. The van der Waals surface area contributed by atoms with Crippen LogP contribution in [-0.4, -0.2) is 58.0 Å². The van der Waals surface area contributed by atoms with Crippen molar-refractivity contribution in [2.45, 2.75) is 232 Å². The molecule has 0 rings (SSSR count). The van der Waals surface area contributed by atoms with Crippen LogP contribution in [0, 0.1) is 0 Å². The summed E-state index contributed by atoms with van der Waals surface area (Å²) < 4.78 is 25.9. The summed E-state index contributed by atoms with van der Waals surface area (Å²) in [5.41, 5.74) is 0.474. The molecule has 0 aliphatic carbocycles. The number of hydrogen-bond donors (Lipinski definition) is 1. The van der Waals surface area contributed by atoms with Crippen LogP contribution in [0.1, 0.15) is 167 Å². The van der Waals surface area contributed by atoms with E-state index in [4.69, 9.17) is 22.2 Å². The average Bonchev–Trinajstić information content (AvgIpc) is 2.87. The molecule has 0 heterocycles. The van der Waals surface area contributed by atoms with E-state index in [0.29, 0.717) is 18.8 Å². The highest BCUT2D eigenvalue weighted by Crippen LogP contribution is 2.31. The minimum Gasteiger partial charge on any atom is -0.462 e. The Bertz CT molecular complexity index is 759. The van der Waals surface area contributed by atoms with Gasteiger partial charge in [0.25, 0.3) is 0 Å². The predicted octanol–water partition coefficient (Wildman–Crippen LogP) is 14.8. The van der Waals surface area contributed by atoms with E-state index < -0.39 is 33.8 Å². The molecule has 0 saturated carbocycles. The molecule has 0 amide bonds. The standard InChI is InChI=1S/C34H74O6Si4.6CH4/c1-33(2)34(36)37-30-26-22-18-14-12-16-20-24-28-32-44(10,40-43(8,9)38-41(3,4)5)39-42(6,7)31-27-23-19-15-11-13-17-21-25-29-35;;;;;;/h35H,1,11-32H2,2-10H3;6*1H4. The van der Waals surface area contributed by atoms with Gasteiger partial charge in [-0.25, -0.2) is 4.79 Å². The molecule has 0 radical (unpaired) electrons. The van der Waals surface area contributed by atoms with Crippen molar-refractivity contribution < 1.29 is 27.0 Å². The lowest BCUT2D eigenvalue weighted by Gasteiger charge is -2.42. The number of rotatable bonds is 30. The number of carbonyl (C=O) groups excluding carboxylic acids is 1. The molecule has 0 fully saturated rings. The minimum absolute atomic E-state index is 0. The summed E-state index contributed by atoms with van der Waals surface area (Å²) in [6.07, 6.45) is 22.0. The maximum Gasteiger partial charge on any atom is 0.333 e. The Morgan fingerprint density at radius 3 is 1.26 bits per heavy atom. The molecule has 0 aromatic rings. The first-order valence-electron chi connectivity index (χ1n) is 18.0. The van der Waals surface area contributed by atoms with Gasteiger partial charge in [-0.2, -0.15) is 0 Å². The third-order valence-corrected chi connectivity index (χ3v) is 22.7. The Kier molecular flexibility index (Phi) is 46.6. The first kappa shape index (κ1) is 64.9. The highest BCUT2D eigenvalue weighted by Gasteiger charge is 2.44. The average molecular weight is 788 g/mol. The van der Waals surface area contributed by atoms with E-state index in [2.05, 4.69) is 59.0 Å². The normalized spacial score (nSPS) is 12.4. The second kappa shape index (κ2) is 35.9. The largest absolute Gasteiger partial charge is 0.462 e. The molecule has 0 aromatic carbocycles. The second-order valence-electron chi connectivity index (χ2n) is 15.2. The van der Waals surface area contributed by atoms with E-state index in [1.54, 1.807) is 6.92 Å². The van der Waals surface area contributed by atoms with Crippen molar-refractivity contribution in [1.82, 2.24) is 0 Å². The summed E-state index contributed by atoms with van der Waals surface area (Å²) in [4.78, 5) is 11.4. The van der Waals surface area contributed by atoms with E-state index >= 15 is 0 Å². The fourth-order valence-electron chi connectivity index (χ4n) is 6.01. The van der Waals surface area contributed by atoms with Crippen LogP contribution < -0.4 is 0 Å². The quantitative estimate of drug-likeness (QED) is 0.0338. The van der Waals surface area contributed by atoms with Crippen LogP contribution in [0.15, 0.2) is 12.2 Å². The van der Waals surface area contributed by atoms with Gasteiger partial charge < -0.3 is 22.2 Å². The third-order valence-electron chi connectivity index (χ3n) is 7.80. The molecule has 0 aromatic heterocycles. The number of esters is 1. The second-order valence-corrected chi connectivity index (χ2v) is 31.5. The Balaban J connectivity index is -0.000000616. The highest BCUT2D eigenvalue weighted by molar-refractivity contribution is 6.89. The van der Waals surface area contributed by atoms with Gasteiger partial charge in [0, 0.05) is 12.2 Å². The van der Waals surface area contributed by atoms with Crippen LogP contribution in [-0.2, 0) is 21.9 Å². The molecule has 0 saturated heterocycles. The SMILES string of the molecule is C.C.C.C.C.C.C=C(C)C(=O)OCCCCCCCCCCC[Si](C)(O[Si](C)(C)CCCCCCCCCCCO)O[Si](C)(C)O[Si](C)(C)C. The van der Waals surface area contributed by atoms with Crippen molar-refractivity contribution in [3.05, 3.63) is 12.2 Å². The van der Waals surface area contributed by atoms with Gasteiger partial charge in [-0.15, -0.1) is 0 Å². The zero-order valence-electron chi connectivity index (χ0n) is 30.8. The zero-order valence-corrected chi connectivity index (χ0v) is 34.8. The lowest BCUT2D eigenvalue weighted by Crippen LogP contribution is -2.57. The maximum absolute atomic E-state index is 11.4. The monoisotopic (exact) mass is 787 g/mol. The lowest BCUT2D eigenvalue weighted by atomic mass is 10.1. The first-order valence-corrected chi connectivity index (χ1v) is 29.9. The van der Waals surface area contributed by atoms with Crippen molar-refractivity contribution in [1.29, 1.82) is 0 Å². The van der Waals surface area contributed by atoms with Gasteiger partial charge in [-0.1, -0.05) is 154 Å². The summed E-state index contributed by atoms with van der Waals surface area (Å²) in [5.74, 6) is -0.274. The number of carbonyl (C=O) groups is 1. The lowest BCUT2D eigenvalue weighted by molar-refractivity contribution is -0.139. The van der Waals surface area contributed by atoms with E-state index in [1.807, 2.05) is 0 Å². The van der Waals surface area contributed by atoms with E-state index in [0.717, 1.165) is 25.3 Å². The van der Waals surface area contributed by atoms with Gasteiger partial charge in [0.1, 0.15) is 0 Å². The van der Waals surface area contributed by atoms with Gasteiger partial charge in [0.15, 0.2) is 16.6 Å². The van der Waals surface area contributed by atoms with Crippen molar-refractivity contribution in [3.63, 3.8) is 0 Å². The molecular weight excluding hydrogens is 689 g/mol. The Labute approximate surface area is 322 Å². The number of unbranched alkanes of at least 4 members (excludes halogenated alkanes) is 16. The molecule has 0 aliphatic heterocycles. The summed E-state index contributed by atoms with van der Waals surface area (Å²) >= 11 is 0. The molecule has 10 heteroatoms. The van der Waals surface area contributed by atoms with Crippen molar-refractivity contribution >= 4 is 39.7 Å². The van der Waals surface area contributed by atoms with Gasteiger partial charge in [0.2, 0.25) is 0 Å². The molecule has 50 heavy (non-hydrogen) atoms. The smallest absolute Gasteiger partial charge is 0.333 e. The molecule has 1 unspecified atom stereocenters. The van der Waals surface area contributed by atoms with Gasteiger partial charge in [0.05, 0.1) is 6.61 Å². The van der Waals surface area contributed by atoms with Gasteiger partial charge in [-0.3, -0.25) is 0 Å². The molecule has 6 nitrogen and oxygen atoms in total. The highest BCUT2D eigenvalue weighted by atomic mass is 28.5. The van der Waals surface area contributed by atoms with Crippen LogP contribution >= 0.6 is 0 Å². The van der Waals surface area contributed by atoms with Gasteiger partial charge >= 0.3 is 23.1 Å². The number of aliphatic hydroxyl groups is 1. The first-order chi connectivity index (χ1) is 20.5. The molecule has 310 valence electrons. The molecular formula is C40H98O6Si4. The molecule has 0 spiro atoms. The van der Waals surface area contributed by atoms with Crippen molar-refractivity contribution in [3.8, 4) is 0 Å². The van der Waals surface area contributed by atoms with Crippen LogP contribution in [0.25, 0.3) is 0 Å². The maximum atomic E-state index is 11.4. The van der Waals surface area contributed by atoms with Gasteiger partial charge in [-0.05, 0) is 84.2 Å². The van der Waals surface area contributed by atoms with E-state index in [1.165, 1.54) is 102 Å². The minimum atomic E-state index is -2.37. The fraction of sp³-hybridized carbons (Fsp3) is 0.925. The van der Waals surface area contributed by atoms with Crippen molar-refractivity contribution in [2.75, 3.05) is 13.2 Å². The Hall–Kier alpha value is -0.0825. The zero-order chi connectivity index (χ0) is 33.5. The van der Waals surface area contributed by atoms with Crippen molar-refractivity contribution in [2.24, 2.45) is 0 Å². The molecule has 1 atom stereocenters. The van der Waals surface area contributed by atoms with Crippen LogP contribution in [0.5, 0.6) is 0 Å². The Morgan fingerprint density at radius 1 is 0.520 bits per heavy atom. The Morgan fingerprint density at radius 2 is 0.880 bits per heavy atom. The summed E-state index contributed by atoms with van der Waals surface area (Å²) in [6.45, 7) is 24.5. The topological polar surface area (TPSA) is 74.2 Å². The summed E-state index contributed by atoms with van der Waals surface area (Å²) in [5, 5.41) is 8.91. The van der Waals surface area contributed by atoms with E-state index in [9.17, 15) is 4.79 Å². The fourth-order valence-corrected chi connectivity index (χ4v) is 25.0. The molecule has 0 aliphatic rings. The molecule has 1 N–H and O–H groups in total. The van der Waals surface area contributed by atoms with E-state index in [-0.39, 0.29) is 50.5 Å². The summed E-state index contributed by atoms with van der Waals surface area (Å²) in [6, 6.07) is 2.27. The molecule has 0 bridgehead atoms. The van der Waals surface area contributed by atoms with Crippen LogP contribution in [0.3, 0.4) is 0 Å². The predicted molar refractivity (Wildman–Crippen MR) is 239 cm³/mol. The third kappa shape index (κ3) is 40.7. The number of hydrogen-bond acceptors (Lipinski definition) is 6. The number of aliphatic hydroxyl groups excluding tert-OH is 1. The van der Waals surface area contributed by atoms with Crippen LogP contribution in [0.2, 0.25) is 64.5 Å². The summed E-state index contributed by atoms with van der Waals surface area (Å²) in [7, 11) is -8.18. The van der Waals surface area contributed by atoms with Crippen LogP contribution in [0.4, 0.5) is 0 Å².